The maximum Gasteiger partial charge on any atom is 0.343 e. The number of esters is 1. The van der Waals surface area contributed by atoms with Gasteiger partial charge in [0.2, 0.25) is 0 Å². The van der Waals surface area contributed by atoms with Crippen LogP contribution in [0.4, 0.5) is 4.39 Å². The molecule has 9 heteroatoms. The number of carbonyl (C=O) groups is 1. The molecule has 0 bridgehead atoms. The second-order valence-corrected chi connectivity index (χ2v) is 7.88. The molecule has 0 aromatic heterocycles. The van der Waals surface area contributed by atoms with Crippen LogP contribution < -0.4 is 14.3 Å². The molecule has 0 aliphatic rings. The molecule has 0 atom stereocenters. The third kappa shape index (κ3) is 6.13. The van der Waals surface area contributed by atoms with E-state index in [0.29, 0.717) is 17.9 Å². The summed E-state index contributed by atoms with van der Waals surface area (Å²) in [6.07, 6.45) is 1.32. The second kappa shape index (κ2) is 9.86. The summed E-state index contributed by atoms with van der Waals surface area (Å²) in [4.78, 5) is 14.2. The van der Waals surface area contributed by atoms with Crippen molar-refractivity contribution < 1.29 is 27.1 Å². The summed E-state index contributed by atoms with van der Waals surface area (Å²) >= 11 is 0. The van der Waals surface area contributed by atoms with Crippen LogP contribution in [0.25, 0.3) is 0 Å². The molecule has 31 heavy (non-hydrogen) atoms. The molecule has 0 saturated carbocycles. The van der Waals surface area contributed by atoms with Gasteiger partial charge in [-0.3, -0.25) is 0 Å². The molecule has 3 aromatic carbocycles. The van der Waals surface area contributed by atoms with Gasteiger partial charge in [0.15, 0.2) is 0 Å². The van der Waals surface area contributed by atoms with Crippen molar-refractivity contribution in [3.63, 3.8) is 0 Å². The molecule has 0 spiro atoms. The Balaban J connectivity index is 1.58. The number of nitrogens with one attached hydrogen (secondary N) is 1. The van der Waals surface area contributed by atoms with E-state index in [1.54, 1.807) is 24.3 Å². The van der Waals surface area contributed by atoms with Crippen LogP contribution in [0.1, 0.15) is 22.8 Å². The Hall–Kier alpha value is -3.72. The summed E-state index contributed by atoms with van der Waals surface area (Å²) in [6.45, 7) is 2.32. The van der Waals surface area contributed by atoms with Crippen LogP contribution in [0.3, 0.4) is 0 Å². The number of rotatable bonds is 8. The highest BCUT2D eigenvalue weighted by atomic mass is 32.2. The average molecular weight is 442 g/mol. The standard InChI is InChI=1S/C22H19FN2O5S/c1-2-29-19-11-13-21(14-12-19)31(27,28)25-24-15-16-3-9-20(10-4-16)30-22(26)17-5-7-18(23)8-6-17/h3-15,25H,2H2,1H3/b24-15+. The summed E-state index contributed by atoms with van der Waals surface area (Å²) in [5.74, 6) is -0.213. The number of hydrazone groups is 1. The maximum atomic E-state index is 12.9. The van der Waals surface area contributed by atoms with Gasteiger partial charge < -0.3 is 9.47 Å². The third-order valence-corrected chi connectivity index (χ3v) is 5.24. The smallest absolute Gasteiger partial charge is 0.343 e. The lowest BCUT2D eigenvalue weighted by Crippen LogP contribution is -2.18. The lowest BCUT2D eigenvalue weighted by molar-refractivity contribution is 0.0734. The Kier molecular flexibility index (Phi) is 6.99. The van der Waals surface area contributed by atoms with E-state index >= 15 is 0 Å². The van der Waals surface area contributed by atoms with E-state index in [9.17, 15) is 17.6 Å². The molecule has 3 aromatic rings. The fraction of sp³-hybridized carbons (Fsp3) is 0.0909. The van der Waals surface area contributed by atoms with Crippen LogP contribution in [0.2, 0.25) is 0 Å². The molecule has 7 nitrogen and oxygen atoms in total. The zero-order valence-electron chi connectivity index (χ0n) is 16.5. The summed E-state index contributed by atoms with van der Waals surface area (Å²) in [5, 5.41) is 3.76. The zero-order chi connectivity index (χ0) is 22.3. The SMILES string of the molecule is CCOc1ccc(S(=O)(=O)N/N=C/c2ccc(OC(=O)c3ccc(F)cc3)cc2)cc1. The van der Waals surface area contributed by atoms with Crippen LogP contribution in [0, 0.1) is 5.82 Å². The number of hydrogen-bond donors (Lipinski definition) is 1. The van der Waals surface area contributed by atoms with Gasteiger partial charge >= 0.3 is 5.97 Å². The van der Waals surface area contributed by atoms with E-state index < -0.39 is 21.8 Å². The van der Waals surface area contributed by atoms with Gasteiger partial charge in [0.05, 0.1) is 23.3 Å². The molecule has 3 rings (SSSR count). The summed E-state index contributed by atoms with van der Waals surface area (Å²) in [7, 11) is -3.82. The van der Waals surface area contributed by atoms with Gasteiger partial charge in [-0.25, -0.2) is 14.0 Å². The first-order valence-electron chi connectivity index (χ1n) is 9.23. The topological polar surface area (TPSA) is 94.1 Å². The van der Waals surface area contributed by atoms with Gasteiger partial charge in [0.1, 0.15) is 17.3 Å². The van der Waals surface area contributed by atoms with Crippen molar-refractivity contribution in [1.29, 1.82) is 0 Å². The van der Waals surface area contributed by atoms with Crippen LogP contribution in [0.5, 0.6) is 11.5 Å². The number of ether oxygens (including phenoxy) is 2. The van der Waals surface area contributed by atoms with Crippen molar-refractivity contribution >= 4 is 22.2 Å². The molecule has 0 heterocycles. The number of nitrogens with zero attached hydrogens (tertiary/aromatic N) is 1. The van der Waals surface area contributed by atoms with E-state index in [1.165, 1.54) is 54.7 Å². The number of halogens is 1. The van der Waals surface area contributed by atoms with Gasteiger partial charge in [-0.2, -0.15) is 13.5 Å². The molecular formula is C22H19FN2O5S. The minimum Gasteiger partial charge on any atom is -0.494 e. The zero-order valence-corrected chi connectivity index (χ0v) is 17.3. The van der Waals surface area contributed by atoms with Gasteiger partial charge in [-0.05, 0) is 85.3 Å². The quantitative estimate of drug-likeness (QED) is 0.248. The molecule has 0 radical (unpaired) electrons. The predicted octanol–water partition coefficient (Wildman–Crippen LogP) is 3.76. The van der Waals surface area contributed by atoms with Crippen molar-refractivity contribution in [3.8, 4) is 11.5 Å². The molecule has 0 aliphatic carbocycles. The van der Waals surface area contributed by atoms with Crippen molar-refractivity contribution in [3.05, 3.63) is 89.7 Å². The lowest BCUT2D eigenvalue weighted by Gasteiger charge is -2.06. The Morgan fingerprint density at radius 1 is 0.968 bits per heavy atom. The first-order chi connectivity index (χ1) is 14.9. The summed E-state index contributed by atoms with van der Waals surface area (Å²) in [5.41, 5.74) is 0.798. The normalized spacial score (nSPS) is 11.3. The Morgan fingerprint density at radius 2 is 1.58 bits per heavy atom. The minimum atomic E-state index is -3.82. The van der Waals surface area contributed by atoms with E-state index in [4.69, 9.17) is 9.47 Å². The highest BCUT2D eigenvalue weighted by Crippen LogP contribution is 2.16. The number of carbonyl (C=O) groups excluding carboxylic acids is 1. The van der Waals surface area contributed by atoms with Gasteiger partial charge in [0.25, 0.3) is 10.0 Å². The van der Waals surface area contributed by atoms with E-state index in [-0.39, 0.29) is 16.2 Å². The number of benzene rings is 3. The van der Waals surface area contributed by atoms with Crippen LogP contribution >= 0.6 is 0 Å². The van der Waals surface area contributed by atoms with Gasteiger partial charge in [-0.1, -0.05) is 0 Å². The van der Waals surface area contributed by atoms with Crippen molar-refractivity contribution in [2.75, 3.05) is 6.61 Å². The van der Waals surface area contributed by atoms with Crippen LogP contribution in [-0.4, -0.2) is 27.2 Å². The molecule has 0 amide bonds. The Morgan fingerprint density at radius 3 is 2.19 bits per heavy atom. The van der Waals surface area contributed by atoms with Crippen molar-refractivity contribution in [2.45, 2.75) is 11.8 Å². The maximum absolute atomic E-state index is 12.9. The summed E-state index contributed by atoms with van der Waals surface area (Å²) in [6, 6.07) is 17.2. The van der Waals surface area contributed by atoms with Crippen LogP contribution in [0.15, 0.2) is 82.8 Å². The molecule has 1 N–H and O–H groups in total. The lowest BCUT2D eigenvalue weighted by atomic mass is 10.2. The number of sulfonamides is 1. The Bertz CT molecular complexity index is 1160. The summed E-state index contributed by atoms with van der Waals surface area (Å²) < 4.78 is 48.0. The Labute approximate surface area is 179 Å². The van der Waals surface area contributed by atoms with Gasteiger partial charge in [0, 0.05) is 0 Å². The molecule has 160 valence electrons. The molecule has 0 saturated heterocycles. The van der Waals surface area contributed by atoms with E-state index in [0.717, 1.165) is 0 Å². The molecule has 0 aliphatic heterocycles. The molecule has 0 fully saturated rings. The van der Waals surface area contributed by atoms with E-state index in [1.807, 2.05) is 6.92 Å². The van der Waals surface area contributed by atoms with Crippen molar-refractivity contribution in [2.24, 2.45) is 5.10 Å². The van der Waals surface area contributed by atoms with Crippen molar-refractivity contribution in [1.82, 2.24) is 4.83 Å². The monoisotopic (exact) mass is 442 g/mol. The van der Waals surface area contributed by atoms with Gasteiger partial charge in [-0.15, -0.1) is 0 Å². The first kappa shape index (κ1) is 22.0. The second-order valence-electron chi connectivity index (χ2n) is 6.22. The minimum absolute atomic E-state index is 0.0520. The van der Waals surface area contributed by atoms with E-state index in [2.05, 4.69) is 9.93 Å². The highest BCUT2D eigenvalue weighted by Gasteiger charge is 2.12. The largest absolute Gasteiger partial charge is 0.494 e. The molecular weight excluding hydrogens is 423 g/mol. The number of hydrogen-bond acceptors (Lipinski definition) is 6. The van der Waals surface area contributed by atoms with Crippen LogP contribution in [-0.2, 0) is 10.0 Å². The highest BCUT2D eigenvalue weighted by molar-refractivity contribution is 7.89. The first-order valence-corrected chi connectivity index (χ1v) is 10.7. The predicted molar refractivity (Wildman–Crippen MR) is 113 cm³/mol. The fourth-order valence-corrected chi connectivity index (χ4v) is 3.27. The average Bonchev–Trinajstić information content (AvgIpc) is 2.76. The fourth-order valence-electron chi connectivity index (χ4n) is 2.48. The third-order valence-electron chi connectivity index (χ3n) is 4.00. The molecule has 0 unspecified atom stereocenters.